The lowest BCUT2D eigenvalue weighted by Gasteiger charge is -2.19. The highest BCUT2D eigenvalue weighted by Crippen LogP contribution is 2.33. The highest BCUT2D eigenvalue weighted by molar-refractivity contribution is 6.31. The zero-order chi connectivity index (χ0) is 22.9. The van der Waals surface area contributed by atoms with Gasteiger partial charge in [0, 0.05) is 37.9 Å². The number of hydrogen-bond acceptors (Lipinski definition) is 2. The van der Waals surface area contributed by atoms with E-state index < -0.39 is 0 Å². The molecular weight excluding hydrogens is 449 g/mol. The summed E-state index contributed by atoms with van der Waals surface area (Å²) in [5.41, 5.74) is 5.34. The van der Waals surface area contributed by atoms with Gasteiger partial charge < -0.3 is 4.57 Å². The van der Waals surface area contributed by atoms with Gasteiger partial charge in [0.2, 0.25) is 0 Å². The van der Waals surface area contributed by atoms with Crippen molar-refractivity contribution in [2.75, 3.05) is 5.01 Å². The van der Waals surface area contributed by atoms with Gasteiger partial charge in [-0.15, -0.1) is 0 Å². The van der Waals surface area contributed by atoms with Crippen molar-refractivity contribution < 1.29 is 0 Å². The van der Waals surface area contributed by atoms with E-state index in [-0.39, 0.29) is 0 Å². The Labute approximate surface area is 203 Å². The second-order valence-electron chi connectivity index (χ2n) is 8.27. The van der Waals surface area contributed by atoms with Gasteiger partial charge in [-0.2, -0.15) is 5.10 Å². The minimum Gasteiger partial charge on any atom is -0.338 e. The molecule has 5 aromatic rings. The number of fused-ring (bicyclic) bond motifs is 3. The van der Waals surface area contributed by atoms with Crippen LogP contribution in [0.15, 0.2) is 96.1 Å². The van der Waals surface area contributed by atoms with E-state index >= 15 is 0 Å². The maximum absolute atomic E-state index is 6.11. The summed E-state index contributed by atoms with van der Waals surface area (Å²) in [4.78, 5) is 0. The molecule has 1 heterocycles. The molecular formula is C28H23Cl2N3. The fourth-order valence-corrected chi connectivity index (χ4v) is 4.48. The molecule has 0 aliphatic carbocycles. The summed E-state index contributed by atoms with van der Waals surface area (Å²) in [6, 6.07) is 30.7. The van der Waals surface area contributed by atoms with E-state index in [2.05, 4.69) is 60.9 Å². The number of halogens is 2. The lowest BCUT2D eigenvalue weighted by molar-refractivity contribution is 0.642. The topological polar surface area (TPSA) is 20.5 Å². The summed E-state index contributed by atoms with van der Waals surface area (Å²) < 4.78 is 2.39. The molecule has 164 valence electrons. The molecule has 0 saturated carbocycles. The fourth-order valence-electron chi connectivity index (χ4n) is 4.23. The largest absolute Gasteiger partial charge is 0.338 e. The molecule has 0 unspecified atom stereocenters. The van der Waals surface area contributed by atoms with Crippen LogP contribution in [-0.4, -0.2) is 10.8 Å². The van der Waals surface area contributed by atoms with Crippen molar-refractivity contribution in [1.29, 1.82) is 0 Å². The van der Waals surface area contributed by atoms with Gasteiger partial charge in [-0.25, -0.2) is 5.01 Å². The summed E-state index contributed by atoms with van der Waals surface area (Å²) in [5.74, 6) is 0. The molecule has 0 fully saturated rings. The van der Waals surface area contributed by atoms with Crippen LogP contribution in [0.1, 0.15) is 25.5 Å². The summed E-state index contributed by atoms with van der Waals surface area (Å²) >= 11 is 12.2. The van der Waals surface area contributed by atoms with Crippen LogP contribution >= 0.6 is 23.2 Å². The number of aromatic nitrogens is 1. The number of hydrogen-bond donors (Lipinski definition) is 0. The maximum atomic E-state index is 6.11. The summed E-state index contributed by atoms with van der Waals surface area (Å²) in [5, 5.41) is 10.6. The van der Waals surface area contributed by atoms with Gasteiger partial charge in [-0.1, -0.05) is 47.5 Å². The van der Waals surface area contributed by atoms with Crippen molar-refractivity contribution >= 4 is 62.6 Å². The van der Waals surface area contributed by atoms with E-state index in [4.69, 9.17) is 28.3 Å². The number of hydrazone groups is 1. The fraction of sp³-hybridized carbons (Fsp3) is 0.107. The Balaban J connectivity index is 1.59. The van der Waals surface area contributed by atoms with Crippen molar-refractivity contribution in [3.8, 4) is 0 Å². The first-order chi connectivity index (χ1) is 16.0. The number of anilines is 2. The van der Waals surface area contributed by atoms with E-state index in [1.165, 1.54) is 21.8 Å². The Morgan fingerprint density at radius 3 is 1.91 bits per heavy atom. The molecule has 1 aromatic heterocycles. The molecule has 0 amide bonds. The van der Waals surface area contributed by atoms with Crippen LogP contribution in [-0.2, 0) is 0 Å². The summed E-state index contributed by atoms with van der Waals surface area (Å²) in [6.07, 6.45) is 1.89. The standard InChI is InChI=1S/C28H23Cl2N3/c1-19(2)32-27-6-4-3-5-25(27)26-17-20(7-16-28(26)32)18-31-33(23-12-8-21(29)9-13-23)24-14-10-22(30)11-15-24/h3-19H,1-2H3/b31-18+. The lowest BCUT2D eigenvalue weighted by Crippen LogP contribution is -2.09. The van der Waals surface area contributed by atoms with Crippen molar-refractivity contribution in [2.24, 2.45) is 5.10 Å². The third-order valence-electron chi connectivity index (χ3n) is 5.71. The average Bonchev–Trinajstić information content (AvgIpc) is 3.15. The van der Waals surface area contributed by atoms with Crippen LogP contribution in [0.2, 0.25) is 10.0 Å². The van der Waals surface area contributed by atoms with Gasteiger partial charge in [-0.3, -0.25) is 0 Å². The van der Waals surface area contributed by atoms with E-state index in [0.29, 0.717) is 16.1 Å². The molecule has 3 nitrogen and oxygen atoms in total. The molecule has 0 spiro atoms. The SMILES string of the molecule is CC(C)n1c2ccccc2c2cc(/C=N/N(c3ccc(Cl)cc3)c3ccc(Cl)cc3)ccc21. The first kappa shape index (κ1) is 21.6. The molecule has 33 heavy (non-hydrogen) atoms. The number of nitrogens with zero attached hydrogens (tertiary/aromatic N) is 3. The lowest BCUT2D eigenvalue weighted by atomic mass is 10.1. The van der Waals surface area contributed by atoms with Crippen LogP contribution in [0.3, 0.4) is 0 Å². The Hall–Kier alpha value is -3.27. The first-order valence-electron chi connectivity index (χ1n) is 10.9. The maximum Gasteiger partial charge on any atom is 0.0653 e. The van der Waals surface area contributed by atoms with Gasteiger partial charge >= 0.3 is 0 Å². The van der Waals surface area contributed by atoms with E-state index in [0.717, 1.165) is 16.9 Å². The second-order valence-corrected chi connectivity index (χ2v) is 9.14. The van der Waals surface area contributed by atoms with Crippen molar-refractivity contribution in [2.45, 2.75) is 19.9 Å². The molecule has 5 rings (SSSR count). The highest BCUT2D eigenvalue weighted by atomic mass is 35.5. The summed E-state index contributed by atoms with van der Waals surface area (Å²) in [6.45, 7) is 4.44. The monoisotopic (exact) mass is 471 g/mol. The van der Waals surface area contributed by atoms with Crippen LogP contribution in [0.5, 0.6) is 0 Å². The quantitative estimate of drug-likeness (QED) is 0.185. The second kappa shape index (κ2) is 8.93. The normalized spacial score (nSPS) is 11.8. The smallest absolute Gasteiger partial charge is 0.0653 e. The van der Waals surface area contributed by atoms with E-state index in [9.17, 15) is 0 Å². The van der Waals surface area contributed by atoms with Crippen molar-refractivity contribution in [3.63, 3.8) is 0 Å². The van der Waals surface area contributed by atoms with Crippen LogP contribution in [0.4, 0.5) is 11.4 Å². The molecule has 0 radical (unpaired) electrons. The Morgan fingerprint density at radius 1 is 0.727 bits per heavy atom. The van der Waals surface area contributed by atoms with Crippen LogP contribution in [0, 0.1) is 0 Å². The molecule has 0 bridgehead atoms. The predicted molar refractivity (Wildman–Crippen MR) is 142 cm³/mol. The third-order valence-corrected chi connectivity index (χ3v) is 6.22. The molecule has 0 atom stereocenters. The van der Waals surface area contributed by atoms with Gasteiger partial charge in [0.25, 0.3) is 0 Å². The highest BCUT2D eigenvalue weighted by Gasteiger charge is 2.13. The van der Waals surface area contributed by atoms with Crippen molar-refractivity contribution in [3.05, 3.63) is 107 Å². The van der Waals surface area contributed by atoms with E-state index in [1.807, 2.05) is 59.8 Å². The minimum atomic E-state index is 0.372. The number of rotatable bonds is 5. The van der Waals surface area contributed by atoms with Crippen LogP contribution in [0.25, 0.3) is 21.8 Å². The third kappa shape index (κ3) is 4.22. The van der Waals surface area contributed by atoms with E-state index in [1.54, 1.807) is 0 Å². The van der Waals surface area contributed by atoms with Gasteiger partial charge in [-0.05, 0) is 86.1 Å². The first-order valence-corrected chi connectivity index (χ1v) is 11.6. The zero-order valence-electron chi connectivity index (χ0n) is 18.4. The Kier molecular flexibility index (Phi) is 5.84. The summed E-state index contributed by atoms with van der Waals surface area (Å²) in [7, 11) is 0. The van der Waals surface area contributed by atoms with Crippen LogP contribution < -0.4 is 5.01 Å². The molecule has 4 aromatic carbocycles. The molecule has 5 heteroatoms. The molecule has 0 N–H and O–H groups in total. The Morgan fingerprint density at radius 2 is 1.30 bits per heavy atom. The average molecular weight is 472 g/mol. The molecule has 0 saturated heterocycles. The zero-order valence-corrected chi connectivity index (χ0v) is 19.9. The Bertz CT molecular complexity index is 1400. The van der Waals surface area contributed by atoms with Gasteiger partial charge in [0.05, 0.1) is 17.6 Å². The number of benzene rings is 4. The molecule has 0 aliphatic heterocycles. The van der Waals surface area contributed by atoms with Crippen molar-refractivity contribution in [1.82, 2.24) is 4.57 Å². The van der Waals surface area contributed by atoms with Gasteiger partial charge in [0.15, 0.2) is 0 Å². The predicted octanol–water partition coefficient (Wildman–Crippen LogP) is 8.85. The minimum absolute atomic E-state index is 0.372. The van der Waals surface area contributed by atoms with Gasteiger partial charge in [0.1, 0.15) is 0 Å². The molecule has 0 aliphatic rings. The number of para-hydroxylation sites is 1.